The molecule has 0 spiro atoms. The summed E-state index contributed by atoms with van der Waals surface area (Å²) in [7, 11) is 1.46. The molecule has 1 heterocycles. The van der Waals surface area contributed by atoms with Gasteiger partial charge in [0.2, 0.25) is 5.91 Å². The summed E-state index contributed by atoms with van der Waals surface area (Å²) < 4.78 is 16.1. The molecule has 7 nitrogen and oxygen atoms in total. The van der Waals surface area contributed by atoms with Crippen molar-refractivity contribution in [1.29, 1.82) is 0 Å². The fraction of sp³-hybridized carbons (Fsp3) is 0.333. The minimum Gasteiger partial charge on any atom is -0.494 e. The Morgan fingerprint density at radius 2 is 2.00 bits per heavy atom. The van der Waals surface area contributed by atoms with Gasteiger partial charge in [-0.1, -0.05) is 17.7 Å². The fourth-order valence-electron chi connectivity index (χ4n) is 2.90. The van der Waals surface area contributed by atoms with Crippen molar-refractivity contribution in [1.82, 2.24) is 0 Å². The molecule has 3 rings (SSSR count). The second-order valence-electron chi connectivity index (χ2n) is 6.51. The number of nitrogens with zero attached hydrogens (tertiary/aromatic N) is 1. The third-order valence-electron chi connectivity index (χ3n) is 4.28. The Bertz CT molecular complexity index is 835. The molecule has 0 aromatic heterocycles. The van der Waals surface area contributed by atoms with Crippen molar-refractivity contribution in [3.63, 3.8) is 0 Å². The molecular formula is C21H24N2O5. The first-order chi connectivity index (χ1) is 13.6. The smallest absolute Gasteiger partial charge is 0.265 e. The number of methoxy groups -OCH3 is 1. The van der Waals surface area contributed by atoms with Crippen LogP contribution in [0.3, 0.4) is 0 Å². The number of carbonyl (C=O) groups is 2. The number of anilines is 2. The van der Waals surface area contributed by atoms with E-state index in [1.165, 1.54) is 12.7 Å². The average Bonchev–Trinajstić information content (AvgIpc) is 2.68. The summed E-state index contributed by atoms with van der Waals surface area (Å²) in [6, 6.07) is 13.1. The monoisotopic (exact) mass is 384 g/mol. The van der Waals surface area contributed by atoms with Crippen LogP contribution in [0.1, 0.15) is 12.0 Å². The van der Waals surface area contributed by atoms with Crippen molar-refractivity contribution in [3.05, 3.63) is 48.0 Å². The zero-order valence-electron chi connectivity index (χ0n) is 16.1. The predicted octanol–water partition coefficient (Wildman–Crippen LogP) is 2.77. The lowest BCUT2D eigenvalue weighted by atomic mass is 10.2. The van der Waals surface area contributed by atoms with Crippen LogP contribution in [0, 0.1) is 6.92 Å². The van der Waals surface area contributed by atoms with Gasteiger partial charge in [-0.05, 0) is 43.7 Å². The van der Waals surface area contributed by atoms with Crippen molar-refractivity contribution >= 4 is 23.2 Å². The van der Waals surface area contributed by atoms with E-state index < -0.39 is 0 Å². The number of hydrogen-bond acceptors (Lipinski definition) is 5. The SMILES string of the molecule is COCC(=O)Nc1ccc2c(c1)N(CCCOc1ccc(C)cc1)C(=O)CO2. The maximum Gasteiger partial charge on any atom is 0.265 e. The Labute approximate surface area is 164 Å². The van der Waals surface area contributed by atoms with Gasteiger partial charge in [0.1, 0.15) is 18.1 Å². The Hall–Kier alpha value is -3.06. The first kappa shape index (κ1) is 19.7. The molecular weight excluding hydrogens is 360 g/mol. The Morgan fingerprint density at radius 1 is 1.21 bits per heavy atom. The molecule has 28 heavy (non-hydrogen) atoms. The summed E-state index contributed by atoms with van der Waals surface area (Å²) in [6.45, 7) is 2.98. The van der Waals surface area contributed by atoms with Gasteiger partial charge in [-0.3, -0.25) is 9.59 Å². The number of nitrogens with one attached hydrogen (secondary N) is 1. The Morgan fingerprint density at radius 3 is 2.75 bits per heavy atom. The highest BCUT2D eigenvalue weighted by atomic mass is 16.5. The molecule has 2 amide bonds. The van der Waals surface area contributed by atoms with Gasteiger partial charge in [-0.25, -0.2) is 0 Å². The van der Waals surface area contributed by atoms with Gasteiger partial charge in [0.05, 0.1) is 12.3 Å². The molecule has 0 fully saturated rings. The van der Waals surface area contributed by atoms with Crippen LogP contribution in [0.2, 0.25) is 0 Å². The lowest BCUT2D eigenvalue weighted by Gasteiger charge is -2.29. The molecule has 0 saturated heterocycles. The Balaban J connectivity index is 1.62. The van der Waals surface area contributed by atoms with E-state index in [0.717, 1.165) is 5.75 Å². The van der Waals surface area contributed by atoms with Crippen molar-refractivity contribution < 1.29 is 23.8 Å². The lowest BCUT2D eigenvalue weighted by molar-refractivity contribution is -0.121. The van der Waals surface area contributed by atoms with E-state index in [1.54, 1.807) is 23.1 Å². The quantitative estimate of drug-likeness (QED) is 0.708. The molecule has 0 radical (unpaired) electrons. The molecule has 1 aliphatic rings. The van der Waals surface area contributed by atoms with Crippen molar-refractivity contribution in [3.8, 4) is 11.5 Å². The van der Waals surface area contributed by atoms with Crippen molar-refractivity contribution in [2.75, 3.05) is 43.7 Å². The summed E-state index contributed by atoms with van der Waals surface area (Å²) in [5.41, 5.74) is 2.40. The number of carbonyl (C=O) groups excluding carboxylic acids is 2. The van der Waals surface area contributed by atoms with Crippen molar-refractivity contribution in [2.45, 2.75) is 13.3 Å². The highest BCUT2D eigenvalue weighted by molar-refractivity contribution is 5.99. The summed E-state index contributed by atoms with van der Waals surface area (Å²) in [5.74, 6) is 1.04. The maximum atomic E-state index is 12.3. The van der Waals surface area contributed by atoms with Crippen LogP contribution in [0.5, 0.6) is 11.5 Å². The van der Waals surface area contributed by atoms with E-state index in [4.69, 9.17) is 14.2 Å². The van der Waals surface area contributed by atoms with Crippen LogP contribution in [0.15, 0.2) is 42.5 Å². The zero-order chi connectivity index (χ0) is 19.9. The molecule has 1 aliphatic heterocycles. The van der Waals surface area contributed by atoms with Crippen LogP contribution in [0.25, 0.3) is 0 Å². The topological polar surface area (TPSA) is 77.1 Å². The van der Waals surface area contributed by atoms with Gasteiger partial charge < -0.3 is 24.4 Å². The predicted molar refractivity (Wildman–Crippen MR) is 106 cm³/mol. The van der Waals surface area contributed by atoms with E-state index in [-0.39, 0.29) is 25.0 Å². The van der Waals surface area contributed by atoms with Crippen LogP contribution in [-0.2, 0) is 14.3 Å². The van der Waals surface area contributed by atoms with Gasteiger partial charge in [-0.2, -0.15) is 0 Å². The van der Waals surface area contributed by atoms with Gasteiger partial charge in [0.25, 0.3) is 5.91 Å². The van der Waals surface area contributed by atoms with Crippen LogP contribution < -0.4 is 19.7 Å². The number of fused-ring (bicyclic) bond motifs is 1. The van der Waals surface area contributed by atoms with Gasteiger partial charge >= 0.3 is 0 Å². The third kappa shape index (κ3) is 5.01. The van der Waals surface area contributed by atoms with Crippen LogP contribution >= 0.6 is 0 Å². The second kappa shape index (κ2) is 9.23. The summed E-state index contributed by atoms with van der Waals surface area (Å²) in [6.07, 6.45) is 0.666. The summed E-state index contributed by atoms with van der Waals surface area (Å²) in [4.78, 5) is 25.7. The molecule has 7 heteroatoms. The maximum absolute atomic E-state index is 12.3. The van der Waals surface area contributed by atoms with E-state index in [1.807, 2.05) is 31.2 Å². The zero-order valence-corrected chi connectivity index (χ0v) is 16.1. The first-order valence-electron chi connectivity index (χ1n) is 9.12. The molecule has 2 aromatic rings. The van der Waals surface area contributed by atoms with Gasteiger partial charge in [0.15, 0.2) is 6.61 Å². The van der Waals surface area contributed by atoms with Crippen molar-refractivity contribution in [2.24, 2.45) is 0 Å². The number of hydrogen-bond donors (Lipinski definition) is 1. The summed E-state index contributed by atoms with van der Waals surface area (Å²) in [5, 5.41) is 2.74. The standard InChI is InChI=1S/C21H24N2O5/c1-15-4-7-17(8-5-15)27-11-3-10-23-18-12-16(22-20(24)13-26-2)6-9-19(18)28-14-21(23)25/h4-9,12H,3,10-11,13-14H2,1-2H3,(H,22,24). The number of ether oxygens (including phenoxy) is 3. The van der Waals surface area contributed by atoms with E-state index in [9.17, 15) is 9.59 Å². The molecule has 1 N–H and O–H groups in total. The minimum absolute atomic E-state index is 0.00119. The molecule has 0 saturated carbocycles. The van der Waals surface area contributed by atoms with E-state index >= 15 is 0 Å². The van der Waals surface area contributed by atoms with Crippen LogP contribution in [0.4, 0.5) is 11.4 Å². The molecule has 0 unspecified atom stereocenters. The van der Waals surface area contributed by atoms with Gasteiger partial charge in [-0.15, -0.1) is 0 Å². The molecule has 0 bridgehead atoms. The largest absolute Gasteiger partial charge is 0.494 e. The molecule has 2 aromatic carbocycles. The average molecular weight is 384 g/mol. The third-order valence-corrected chi connectivity index (χ3v) is 4.28. The van der Waals surface area contributed by atoms with Crippen LogP contribution in [-0.4, -0.2) is 45.3 Å². The number of benzene rings is 2. The minimum atomic E-state index is -0.261. The molecule has 0 atom stereocenters. The number of rotatable bonds is 8. The number of aryl methyl sites for hydroxylation is 1. The molecule has 0 aliphatic carbocycles. The van der Waals surface area contributed by atoms with E-state index in [0.29, 0.717) is 36.7 Å². The highest BCUT2D eigenvalue weighted by Crippen LogP contribution is 2.34. The first-order valence-corrected chi connectivity index (χ1v) is 9.12. The summed E-state index contributed by atoms with van der Waals surface area (Å²) >= 11 is 0. The number of amides is 2. The fourth-order valence-corrected chi connectivity index (χ4v) is 2.90. The van der Waals surface area contributed by atoms with Gasteiger partial charge in [0, 0.05) is 19.3 Å². The normalized spacial score (nSPS) is 12.9. The lowest BCUT2D eigenvalue weighted by Crippen LogP contribution is -2.39. The molecule has 148 valence electrons. The second-order valence-corrected chi connectivity index (χ2v) is 6.51. The highest BCUT2D eigenvalue weighted by Gasteiger charge is 2.25. The Kier molecular flexibility index (Phi) is 6.49. The van der Waals surface area contributed by atoms with E-state index in [2.05, 4.69) is 5.32 Å².